The van der Waals surface area contributed by atoms with Crippen LogP contribution >= 0.6 is 15.9 Å². The topological polar surface area (TPSA) is 46.5 Å². The Hall–Kier alpha value is -0.940. The van der Waals surface area contributed by atoms with Crippen LogP contribution < -0.4 is 0 Å². The molecule has 3 nitrogen and oxygen atoms in total. The highest BCUT2D eigenvalue weighted by Crippen LogP contribution is 2.29. The van der Waals surface area contributed by atoms with Gasteiger partial charge in [-0.3, -0.25) is 4.79 Å². The summed E-state index contributed by atoms with van der Waals surface area (Å²) in [6, 6.07) is 4.35. The molecule has 19 heavy (non-hydrogen) atoms. The second-order valence-corrected chi connectivity index (χ2v) is 5.24. The molecule has 0 heterocycles. The van der Waals surface area contributed by atoms with Crippen LogP contribution in [0.2, 0.25) is 0 Å². The van der Waals surface area contributed by atoms with Gasteiger partial charge in [0.15, 0.2) is 0 Å². The summed E-state index contributed by atoms with van der Waals surface area (Å²) in [5.74, 6) is -1.59. The van der Waals surface area contributed by atoms with Crippen LogP contribution in [-0.4, -0.2) is 18.2 Å². The number of carbonyl (C=O) groups excluding carboxylic acids is 1. The Balaban J connectivity index is 2.93. The molecule has 0 amide bonds. The van der Waals surface area contributed by atoms with Crippen molar-refractivity contribution in [1.82, 2.24) is 0 Å². The standard InChI is InChI=1S/C14H18BrFO3/c1-3-4-5-10(14(18)19-2)13(17)9-6-7-11(15)12(16)8-9/h6-8,10,13,17H,3-5H2,1-2H3. The lowest BCUT2D eigenvalue weighted by molar-refractivity contribution is -0.150. The van der Waals surface area contributed by atoms with Crippen molar-refractivity contribution in [3.05, 3.63) is 34.1 Å². The molecule has 0 saturated carbocycles. The fourth-order valence-corrected chi connectivity index (χ4v) is 2.16. The van der Waals surface area contributed by atoms with Crippen LogP contribution in [0.15, 0.2) is 22.7 Å². The Bertz CT molecular complexity index is 437. The first kappa shape index (κ1) is 16.1. The van der Waals surface area contributed by atoms with Gasteiger partial charge in [0.05, 0.1) is 23.6 Å². The average Bonchev–Trinajstić information content (AvgIpc) is 2.41. The van der Waals surface area contributed by atoms with Gasteiger partial charge in [-0.1, -0.05) is 25.8 Å². The Morgan fingerprint density at radius 2 is 2.21 bits per heavy atom. The maximum Gasteiger partial charge on any atom is 0.311 e. The van der Waals surface area contributed by atoms with Crippen LogP contribution in [0.5, 0.6) is 0 Å². The third-order valence-corrected chi connectivity index (χ3v) is 3.68. The Morgan fingerprint density at radius 1 is 1.53 bits per heavy atom. The van der Waals surface area contributed by atoms with Crippen LogP contribution in [0.4, 0.5) is 4.39 Å². The molecule has 1 N–H and O–H groups in total. The Labute approximate surface area is 120 Å². The van der Waals surface area contributed by atoms with E-state index in [9.17, 15) is 14.3 Å². The number of unbranched alkanes of at least 4 members (excludes halogenated alkanes) is 1. The molecule has 2 unspecified atom stereocenters. The van der Waals surface area contributed by atoms with Gasteiger partial charge in [-0.15, -0.1) is 0 Å². The molecule has 0 saturated heterocycles. The number of methoxy groups -OCH3 is 1. The van der Waals surface area contributed by atoms with Gasteiger partial charge in [-0.05, 0) is 40.0 Å². The molecular weight excluding hydrogens is 315 g/mol. The van der Waals surface area contributed by atoms with Gasteiger partial charge in [0.1, 0.15) is 5.82 Å². The summed E-state index contributed by atoms with van der Waals surface area (Å²) in [7, 11) is 1.29. The van der Waals surface area contributed by atoms with E-state index in [4.69, 9.17) is 4.74 Å². The first-order valence-electron chi connectivity index (χ1n) is 6.22. The first-order chi connectivity index (χ1) is 9.01. The van der Waals surface area contributed by atoms with Gasteiger partial charge >= 0.3 is 5.97 Å². The molecule has 0 bridgehead atoms. The molecule has 0 spiro atoms. The summed E-state index contributed by atoms with van der Waals surface area (Å²) in [4.78, 5) is 11.7. The smallest absolute Gasteiger partial charge is 0.311 e. The van der Waals surface area contributed by atoms with Crippen LogP contribution in [0.3, 0.4) is 0 Å². The average molecular weight is 333 g/mol. The summed E-state index contributed by atoms with van der Waals surface area (Å²) in [6.45, 7) is 2.00. The van der Waals surface area contributed by atoms with Gasteiger partial charge in [-0.2, -0.15) is 0 Å². The predicted octanol–water partition coefficient (Wildman–Crippen LogP) is 3.60. The van der Waals surface area contributed by atoms with Gasteiger partial charge in [0.25, 0.3) is 0 Å². The predicted molar refractivity (Wildman–Crippen MR) is 74.1 cm³/mol. The summed E-state index contributed by atoms with van der Waals surface area (Å²) >= 11 is 3.05. The fourth-order valence-electron chi connectivity index (χ4n) is 1.91. The number of ether oxygens (including phenoxy) is 1. The molecule has 0 aliphatic rings. The lowest BCUT2D eigenvalue weighted by atomic mass is 9.91. The zero-order chi connectivity index (χ0) is 14.4. The molecule has 0 radical (unpaired) electrons. The molecule has 1 rings (SSSR count). The monoisotopic (exact) mass is 332 g/mol. The van der Waals surface area contributed by atoms with Gasteiger partial charge in [-0.25, -0.2) is 4.39 Å². The highest BCUT2D eigenvalue weighted by Gasteiger charge is 2.28. The van der Waals surface area contributed by atoms with E-state index in [0.29, 0.717) is 16.5 Å². The number of rotatable bonds is 6. The van der Waals surface area contributed by atoms with E-state index in [2.05, 4.69) is 15.9 Å². The molecule has 1 aromatic carbocycles. The first-order valence-corrected chi connectivity index (χ1v) is 7.01. The van der Waals surface area contributed by atoms with Crippen LogP contribution in [0.1, 0.15) is 37.9 Å². The second kappa shape index (κ2) is 7.60. The van der Waals surface area contributed by atoms with Crippen molar-refractivity contribution in [2.24, 2.45) is 5.92 Å². The molecular formula is C14H18BrFO3. The lowest BCUT2D eigenvalue weighted by Crippen LogP contribution is -2.23. The number of hydrogen-bond acceptors (Lipinski definition) is 3. The maximum absolute atomic E-state index is 13.5. The summed E-state index contributed by atoms with van der Waals surface area (Å²) in [6.07, 6.45) is 1.17. The van der Waals surface area contributed by atoms with Crippen LogP contribution in [0.25, 0.3) is 0 Å². The second-order valence-electron chi connectivity index (χ2n) is 4.39. The highest BCUT2D eigenvalue weighted by molar-refractivity contribution is 9.10. The number of halogens is 2. The summed E-state index contributed by atoms with van der Waals surface area (Å²) in [5.41, 5.74) is 0.382. The molecule has 0 aliphatic carbocycles. The molecule has 0 fully saturated rings. The number of carbonyl (C=O) groups is 1. The zero-order valence-corrected chi connectivity index (χ0v) is 12.6. The number of aliphatic hydroxyl groups is 1. The number of esters is 1. The largest absolute Gasteiger partial charge is 0.469 e. The quantitative estimate of drug-likeness (QED) is 0.809. The Kier molecular flexibility index (Phi) is 6.45. The van der Waals surface area contributed by atoms with Crippen LogP contribution in [0, 0.1) is 11.7 Å². The normalized spacial score (nSPS) is 13.9. The van der Waals surface area contributed by atoms with E-state index in [1.807, 2.05) is 6.92 Å². The third-order valence-electron chi connectivity index (χ3n) is 3.04. The van der Waals surface area contributed by atoms with E-state index in [-0.39, 0.29) is 0 Å². The molecule has 106 valence electrons. The minimum Gasteiger partial charge on any atom is -0.469 e. The minimum atomic E-state index is -1.05. The molecule has 2 atom stereocenters. The lowest BCUT2D eigenvalue weighted by Gasteiger charge is -2.21. The van der Waals surface area contributed by atoms with Crippen molar-refractivity contribution in [3.8, 4) is 0 Å². The molecule has 5 heteroatoms. The van der Waals surface area contributed by atoms with Crippen molar-refractivity contribution in [3.63, 3.8) is 0 Å². The van der Waals surface area contributed by atoms with Crippen LogP contribution in [-0.2, 0) is 9.53 Å². The van der Waals surface area contributed by atoms with Crippen molar-refractivity contribution in [2.45, 2.75) is 32.3 Å². The fraction of sp³-hybridized carbons (Fsp3) is 0.500. The number of aliphatic hydroxyl groups excluding tert-OH is 1. The number of hydrogen-bond donors (Lipinski definition) is 1. The van der Waals surface area contributed by atoms with Crippen molar-refractivity contribution < 1.29 is 19.0 Å². The molecule has 0 aromatic heterocycles. The SMILES string of the molecule is CCCCC(C(=O)OC)C(O)c1ccc(Br)c(F)c1. The minimum absolute atomic E-state index is 0.326. The van der Waals surface area contributed by atoms with Gasteiger partial charge < -0.3 is 9.84 Å². The summed E-state index contributed by atoms with van der Waals surface area (Å²) in [5, 5.41) is 10.2. The molecule has 1 aromatic rings. The number of benzene rings is 1. The third kappa shape index (κ3) is 4.28. The summed E-state index contributed by atoms with van der Waals surface area (Å²) < 4.78 is 18.5. The van der Waals surface area contributed by atoms with E-state index in [1.54, 1.807) is 6.07 Å². The zero-order valence-electron chi connectivity index (χ0n) is 11.0. The van der Waals surface area contributed by atoms with E-state index in [0.717, 1.165) is 12.8 Å². The van der Waals surface area contributed by atoms with Gasteiger partial charge in [0.2, 0.25) is 0 Å². The van der Waals surface area contributed by atoms with Crippen molar-refractivity contribution in [2.75, 3.05) is 7.11 Å². The highest BCUT2D eigenvalue weighted by atomic mass is 79.9. The van der Waals surface area contributed by atoms with E-state index >= 15 is 0 Å². The van der Waals surface area contributed by atoms with E-state index < -0.39 is 23.8 Å². The van der Waals surface area contributed by atoms with Gasteiger partial charge in [0, 0.05) is 0 Å². The Morgan fingerprint density at radius 3 is 2.74 bits per heavy atom. The van der Waals surface area contributed by atoms with Crippen molar-refractivity contribution >= 4 is 21.9 Å². The molecule has 0 aliphatic heterocycles. The van der Waals surface area contributed by atoms with E-state index in [1.165, 1.54) is 19.2 Å². The van der Waals surface area contributed by atoms with Crippen molar-refractivity contribution in [1.29, 1.82) is 0 Å². The maximum atomic E-state index is 13.5.